The van der Waals surface area contributed by atoms with E-state index in [0.29, 0.717) is 5.39 Å². The minimum atomic E-state index is -1.83. The summed E-state index contributed by atoms with van der Waals surface area (Å²) >= 11 is 0. The van der Waals surface area contributed by atoms with E-state index >= 15 is 0 Å². The fourth-order valence-electron chi connectivity index (χ4n) is 1.43. The van der Waals surface area contributed by atoms with Crippen LogP contribution in [0.1, 0.15) is 10.4 Å². The predicted molar refractivity (Wildman–Crippen MR) is 63.2 cm³/mol. The molecule has 0 aliphatic carbocycles. The van der Waals surface area contributed by atoms with Crippen LogP contribution in [0.4, 0.5) is 4.79 Å². The molecule has 0 saturated carbocycles. The molecule has 0 unspecified atom stereocenters. The van der Waals surface area contributed by atoms with Crippen molar-refractivity contribution >= 4 is 22.9 Å². The fourth-order valence-corrected chi connectivity index (χ4v) is 1.43. The van der Waals surface area contributed by atoms with Crippen LogP contribution in [0, 0.1) is 0 Å². The molecule has 0 aliphatic rings. The van der Waals surface area contributed by atoms with Crippen molar-refractivity contribution in [3.05, 3.63) is 42.0 Å². The van der Waals surface area contributed by atoms with Gasteiger partial charge in [-0.1, -0.05) is 30.3 Å². The Balaban J connectivity index is 0.000000357. The zero-order valence-corrected chi connectivity index (χ0v) is 9.07. The van der Waals surface area contributed by atoms with E-state index in [4.69, 9.17) is 20.1 Å². The normalized spacial score (nSPS) is 9.33. The molecule has 0 radical (unpaired) electrons. The Bertz CT molecular complexity index is 586. The van der Waals surface area contributed by atoms with Gasteiger partial charge in [-0.25, -0.2) is 9.59 Å². The van der Waals surface area contributed by atoms with Gasteiger partial charge in [0, 0.05) is 5.39 Å². The monoisotopic (exact) mass is 250 g/mol. The van der Waals surface area contributed by atoms with Gasteiger partial charge in [-0.05, 0) is 11.5 Å². The lowest BCUT2D eigenvalue weighted by Gasteiger charge is -2.03. The number of rotatable bonds is 1. The average Bonchev–Trinajstić information content (AvgIpc) is 2.28. The minimum Gasteiger partial charge on any atom is -0.506 e. The SMILES string of the molecule is O=C(O)O.O=C(O)c1ccc2ccccc2c1O. The first-order valence-electron chi connectivity index (χ1n) is 4.79. The van der Waals surface area contributed by atoms with Crippen LogP contribution in [0.5, 0.6) is 5.75 Å². The molecule has 6 nitrogen and oxygen atoms in total. The van der Waals surface area contributed by atoms with Crippen molar-refractivity contribution in [3.8, 4) is 5.75 Å². The van der Waals surface area contributed by atoms with E-state index in [1.807, 2.05) is 12.1 Å². The maximum Gasteiger partial charge on any atom is 0.503 e. The molecule has 0 heterocycles. The molecule has 0 amide bonds. The van der Waals surface area contributed by atoms with Crippen molar-refractivity contribution in [3.63, 3.8) is 0 Å². The van der Waals surface area contributed by atoms with Gasteiger partial charge in [0.05, 0.1) is 0 Å². The molecule has 0 bridgehead atoms. The highest BCUT2D eigenvalue weighted by atomic mass is 16.6. The Labute approximate surface area is 101 Å². The first-order valence-corrected chi connectivity index (χ1v) is 4.79. The van der Waals surface area contributed by atoms with Crippen LogP contribution in [0.25, 0.3) is 10.8 Å². The summed E-state index contributed by atoms with van der Waals surface area (Å²) in [6.07, 6.45) is -1.83. The van der Waals surface area contributed by atoms with Gasteiger partial charge in [-0.15, -0.1) is 0 Å². The van der Waals surface area contributed by atoms with E-state index in [2.05, 4.69) is 0 Å². The molecule has 0 aromatic heterocycles. The Kier molecular flexibility index (Phi) is 4.09. The van der Waals surface area contributed by atoms with E-state index < -0.39 is 12.1 Å². The van der Waals surface area contributed by atoms with Gasteiger partial charge in [0.1, 0.15) is 11.3 Å². The summed E-state index contributed by atoms with van der Waals surface area (Å²) in [5, 5.41) is 33.7. The summed E-state index contributed by atoms with van der Waals surface area (Å²) in [6.45, 7) is 0. The van der Waals surface area contributed by atoms with Gasteiger partial charge in [0.2, 0.25) is 0 Å². The van der Waals surface area contributed by atoms with Crippen LogP contribution < -0.4 is 0 Å². The van der Waals surface area contributed by atoms with E-state index in [9.17, 15) is 9.90 Å². The number of aromatic hydroxyl groups is 1. The van der Waals surface area contributed by atoms with Crippen LogP contribution in [0.15, 0.2) is 36.4 Å². The third-order valence-corrected chi connectivity index (χ3v) is 2.13. The first-order chi connectivity index (χ1) is 8.43. The number of aromatic carboxylic acids is 1. The Morgan fingerprint density at radius 1 is 0.889 bits per heavy atom. The van der Waals surface area contributed by atoms with Gasteiger partial charge >= 0.3 is 12.1 Å². The summed E-state index contributed by atoms with van der Waals surface area (Å²) in [6, 6.07) is 10.2. The highest BCUT2D eigenvalue weighted by Crippen LogP contribution is 2.28. The smallest absolute Gasteiger partial charge is 0.503 e. The number of hydrogen-bond donors (Lipinski definition) is 4. The van der Waals surface area contributed by atoms with Gasteiger partial charge in [0.25, 0.3) is 0 Å². The first kappa shape index (κ1) is 13.3. The highest BCUT2D eigenvalue weighted by molar-refractivity contribution is 6.00. The van der Waals surface area contributed by atoms with Crippen molar-refractivity contribution in [1.29, 1.82) is 0 Å². The number of hydrogen-bond acceptors (Lipinski definition) is 3. The van der Waals surface area contributed by atoms with Crippen molar-refractivity contribution < 1.29 is 30.0 Å². The largest absolute Gasteiger partial charge is 0.506 e. The second-order valence-electron chi connectivity index (χ2n) is 3.27. The summed E-state index contributed by atoms with van der Waals surface area (Å²) < 4.78 is 0. The number of carboxylic acid groups (broad SMARTS) is 3. The molecular formula is C12H10O6. The molecule has 4 N–H and O–H groups in total. The quantitative estimate of drug-likeness (QED) is 0.618. The Hall–Kier alpha value is -2.76. The number of carboxylic acids is 1. The van der Waals surface area contributed by atoms with Gasteiger partial charge in [0.15, 0.2) is 0 Å². The molecule has 0 atom stereocenters. The maximum atomic E-state index is 10.7. The van der Waals surface area contributed by atoms with Crippen LogP contribution in [-0.2, 0) is 0 Å². The minimum absolute atomic E-state index is 0.0660. The van der Waals surface area contributed by atoms with E-state index in [0.717, 1.165) is 5.39 Å². The number of fused-ring (bicyclic) bond motifs is 1. The standard InChI is InChI=1S/C11H8O3.CH2O3/c12-10-8-4-2-1-3-7(8)5-6-9(10)11(13)14;2-1(3)4/h1-6,12H,(H,13,14);(H2,2,3,4). The van der Waals surface area contributed by atoms with Crippen molar-refractivity contribution in [2.45, 2.75) is 0 Å². The predicted octanol–water partition coefficient (Wildman–Crippen LogP) is 2.47. The van der Waals surface area contributed by atoms with Crippen molar-refractivity contribution in [2.75, 3.05) is 0 Å². The Morgan fingerprint density at radius 2 is 1.44 bits per heavy atom. The number of phenols is 1. The van der Waals surface area contributed by atoms with E-state index in [-0.39, 0.29) is 11.3 Å². The molecule has 0 fully saturated rings. The number of benzene rings is 2. The maximum absolute atomic E-state index is 10.7. The summed E-state index contributed by atoms with van der Waals surface area (Å²) in [5.41, 5.74) is -0.0660. The van der Waals surface area contributed by atoms with Crippen LogP contribution in [0.3, 0.4) is 0 Å². The summed E-state index contributed by atoms with van der Waals surface area (Å²) in [5.74, 6) is -1.29. The summed E-state index contributed by atoms with van der Waals surface area (Å²) in [7, 11) is 0. The lowest BCUT2D eigenvalue weighted by atomic mass is 10.1. The lowest BCUT2D eigenvalue weighted by molar-refractivity contribution is 0.0694. The second-order valence-corrected chi connectivity index (χ2v) is 3.27. The zero-order chi connectivity index (χ0) is 13.7. The average molecular weight is 250 g/mol. The van der Waals surface area contributed by atoms with E-state index in [1.54, 1.807) is 18.2 Å². The third kappa shape index (κ3) is 3.11. The molecule has 6 heteroatoms. The molecule has 18 heavy (non-hydrogen) atoms. The molecular weight excluding hydrogens is 240 g/mol. The summed E-state index contributed by atoms with van der Waals surface area (Å²) in [4.78, 5) is 19.3. The topological polar surface area (TPSA) is 115 Å². The van der Waals surface area contributed by atoms with Crippen LogP contribution >= 0.6 is 0 Å². The highest BCUT2D eigenvalue weighted by Gasteiger charge is 2.11. The molecule has 2 aromatic carbocycles. The lowest BCUT2D eigenvalue weighted by Crippen LogP contribution is -1.96. The van der Waals surface area contributed by atoms with Gasteiger partial charge in [-0.3, -0.25) is 0 Å². The molecule has 2 aromatic rings. The zero-order valence-electron chi connectivity index (χ0n) is 9.07. The second kappa shape index (κ2) is 5.53. The Morgan fingerprint density at radius 3 is 2.00 bits per heavy atom. The van der Waals surface area contributed by atoms with Crippen molar-refractivity contribution in [1.82, 2.24) is 0 Å². The molecule has 0 saturated heterocycles. The van der Waals surface area contributed by atoms with Gasteiger partial charge in [-0.2, -0.15) is 0 Å². The molecule has 2 rings (SSSR count). The van der Waals surface area contributed by atoms with Crippen LogP contribution in [0.2, 0.25) is 0 Å². The van der Waals surface area contributed by atoms with Crippen LogP contribution in [-0.4, -0.2) is 32.6 Å². The number of carbonyl (C=O) groups is 2. The molecule has 0 spiro atoms. The third-order valence-electron chi connectivity index (χ3n) is 2.13. The molecule has 94 valence electrons. The molecule has 0 aliphatic heterocycles. The van der Waals surface area contributed by atoms with E-state index in [1.165, 1.54) is 6.07 Å². The van der Waals surface area contributed by atoms with Crippen molar-refractivity contribution in [2.24, 2.45) is 0 Å². The fraction of sp³-hybridized carbons (Fsp3) is 0. The van der Waals surface area contributed by atoms with Gasteiger partial charge < -0.3 is 20.4 Å².